The van der Waals surface area contributed by atoms with Crippen LogP contribution in [0.4, 0.5) is 0 Å². The Hall–Kier alpha value is -2.34. The molecule has 1 aromatic carbocycles. The molecule has 114 valence electrons. The second-order valence-corrected chi connectivity index (χ2v) is 6.28. The summed E-state index contributed by atoms with van der Waals surface area (Å²) in [6, 6.07) is 11.0. The number of carbonyl (C=O) groups excluding carboxylic acids is 1. The van der Waals surface area contributed by atoms with Crippen molar-refractivity contribution >= 4 is 23.2 Å². The smallest absolute Gasteiger partial charge is 0.345 e. The van der Waals surface area contributed by atoms with E-state index in [0.29, 0.717) is 19.6 Å². The molecule has 22 heavy (non-hydrogen) atoms. The number of nitrogens with one attached hydrogen (secondary N) is 1. The molecular weight excluding hydrogens is 302 g/mol. The van der Waals surface area contributed by atoms with E-state index in [4.69, 9.17) is 9.84 Å². The molecule has 1 aliphatic heterocycles. The van der Waals surface area contributed by atoms with Gasteiger partial charge < -0.3 is 15.2 Å². The third-order valence-electron chi connectivity index (χ3n) is 3.56. The molecule has 2 heterocycles. The van der Waals surface area contributed by atoms with Crippen molar-refractivity contribution in [3.05, 3.63) is 51.7 Å². The number of carboxylic acids is 1. The first-order chi connectivity index (χ1) is 10.6. The number of carboxylic acid groups (broad SMARTS) is 1. The lowest BCUT2D eigenvalue weighted by Gasteiger charge is -2.24. The first-order valence-electron chi connectivity index (χ1n) is 6.94. The summed E-state index contributed by atoms with van der Waals surface area (Å²) < 4.78 is 5.61. The number of carbonyl (C=O) groups is 2. The monoisotopic (exact) mass is 317 g/mol. The molecule has 1 unspecified atom stereocenters. The van der Waals surface area contributed by atoms with Gasteiger partial charge in [-0.25, -0.2) is 4.79 Å². The van der Waals surface area contributed by atoms with Crippen LogP contribution in [0, 0.1) is 5.92 Å². The van der Waals surface area contributed by atoms with E-state index in [2.05, 4.69) is 5.32 Å². The lowest BCUT2D eigenvalue weighted by molar-refractivity contribution is -0.126. The summed E-state index contributed by atoms with van der Waals surface area (Å²) in [4.78, 5) is 24.1. The van der Waals surface area contributed by atoms with E-state index < -0.39 is 5.97 Å². The minimum atomic E-state index is -0.945. The van der Waals surface area contributed by atoms with Crippen LogP contribution in [0.1, 0.15) is 20.1 Å². The molecule has 2 aromatic rings. The van der Waals surface area contributed by atoms with Gasteiger partial charge in [-0.3, -0.25) is 4.79 Å². The Balaban J connectivity index is 1.57. The van der Waals surface area contributed by atoms with E-state index in [-0.39, 0.29) is 16.7 Å². The number of thiophene rings is 1. The van der Waals surface area contributed by atoms with Crippen LogP contribution < -0.4 is 10.1 Å². The number of fused-ring (bicyclic) bond motifs is 1. The van der Waals surface area contributed by atoms with Crippen molar-refractivity contribution in [1.82, 2.24) is 5.32 Å². The molecule has 0 bridgehead atoms. The lowest BCUT2D eigenvalue weighted by Crippen LogP contribution is -2.36. The molecule has 1 aromatic heterocycles. The molecule has 0 radical (unpaired) electrons. The van der Waals surface area contributed by atoms with Gasteiger partial charge in [-0.05, 0) is 30.2 Å². The van der Waals surface area contributed by atoms with Crippen LogP contribution in [0.2, 0.25) is 0 Å². The van der Waals surface area contributed by atoms with Crippen LogP contribution >= 0.6 is 11.3 Å². The molecule has 1 amide bonds. The summed E-state index contributed by atoms with van der Waals surface area (Å²) in [5, 5.41) is 11.7. The summed E-state index contributed by atoms with van der Waals surface area (Å²) >= 11 is 1.17. The van der Waals surface area contributed by atoms with Crippen molar-refractivity contribution in [3.63, 3.8) is 0 Å². The average Bonchev–Trinajstić information content (AvgIpc) is 3.01. The predicted octanol–water partition coefficient (Wildman–Crippen LogP) is 2.31. The zero-order valence-electron chi connectivity index (χ0n) is 11.7. The first kappa shape index (κ1) is 14.6. The second-order valence-electron chi connectivity index (χ2n) is 5.11. The Morgan fingerprint density at radius 3 is 2.86 bits per heavy atom. The van der Waals surface area contributed by atoms with Crippen LogP contribution in [-0.2, 0) is 17.8 Å². The summed E-state index contributed by atoms with van der Waals surface area (Å²) in [5.74, 6) is -0.385. The zero-order chi connectivity index (χ0) is 15.5. The van der Waals surface area contributed by atoms with Crippen molar-refractivity contribution in [2.45, 2.75) is 13.0 Å². The van der Waals surface area contributed by atoms with E-state index in [1.807, 2.05) is 24.3 Å². The molecule has 0 saturated carbocycles. The van der Waals surface area contributed by atoms with Crippen molar-refractivity contribution in [2.75, 3.05) is 6.61 Å². The molecule has 2 N–H and O–H groups in total. The molecule has 5 nitrogen and oxygen atoms in total. The third kappa shape index (κ3) is 3.12. The van der Waals surface area contributed by atoms with Crippen LogP contribution in [0.5, 0.6) is 5.75 Å². The van der Waals surface area contributed by atoms with Gasteiger partial charge in [0.15, 0.2) is 0 Å². The van der Waals surface area contributed by atoms with Gasteiger partial charge >= 0.3 is 5.97 Å². The second kappa shape index (κ2) is 6.19. The number of hydrogen-bond acceptors (Lipinski definition) is 4. The molecule has 0 spiro atoms. The molecule has 1 aliphatic rings. The van der Waals surface area contributed by atoms with Gasteiger partial charge in [0.05, 0.1) is 12.5 Å². The van der Waals surface area contributed by atoms with Gasteiger partial charge in [-0.1, -0.05) is 18.2 Å². The molecule has 3 rings (SSSR count). The summed E-state index contributed by atoms with van der Waals surface area (Å²) in [5.41, 5.74) is 1.04. The molecule has 0 aliphatic carbocycles. The van der Waals surface area contributed by atoms with E-state index in [1.54, 1.807) is 12.1 Å². The fourth-order valence-electron chi connectivity index (χ4n) is 2.40. The lowest BCUT2D eigenvalue weighted by atomic mass is 9.96. The maximum absolute atomic E-state index is 12.2. The maximum atomic E-state index is 12.2. The van der Waals surface area contributed by atoms with Crippen molar-refractivity contribution in [1.29, 1.82) is 0 Å². The van der Waals surface area contributed by atoms with Crippen molar-refractivity contribution < 1.29 is 19.4 Å². The van der Waals surface area contributed by atoms with Gasteiger partial charge in [-0.2, -0.15) is 0 Å². The molecule has 0 saturated heterocycles. The number of ether oxygens (including phenoxy) is 1. The Morgan fingerprint density at radius 2 is 2.09 bits per heavy atom. The molecule has 0 fully saturated rings. The Kier molecular flexibility index (Phi) is 4.11. The summed E-state index contributed by atoms with van der Waals surface area (Å²) in [7, 11) is 0. The minimum absolute atomic E-state index is 0.0696. The topological polar surface area (TPSA) is 75.6 Å². The average molecular weight is 317 g/mol. The highest BCUT2D eigenvalue weighted by Gasteiger charge is 2.25. The fourth-order valence-corrected chi connectivity index (χ4v) is 3.19. The summed E-state index contributed by atoms with van der Waals surface area (Å²) in [6.07, 6.45) is 0.660. The number of aromatic carboxylic acids is 1. The van der Waals surface area contributed by atoms with E-state index >= 15 is 0 Å². The van der Waals surface area contributed by atoms with Crippen LogP contribution in [0.15, 0.2) is 36.4 Å². The number of benzene rings is 1. The van der Waals surface area contributed by atoms with Gasteiger partial charge in [0.1, 0.15) is 17.2 Å². The first-order valence-corrected chi connectivity index (χ1v) is 7.75. The highest BCUT2D eigenvalue weighted by molar-refractivity contribution is 7.13. The third-order valence-corrected chi connectivity index (χ3v) is 4.63. The largest absolute Gasteiger partial charge is 0.492 e. The van der Waals surface area contributed by atoms with Crippen LogP contribution in [0.3, 0.4) is 0 Å². The number of hydrogen-bond donors (Lipinski definition) is 2. The zero-order valence-corrected chi connectivity index (χ0v) is 12.6. The Morgan fingerprint density at radius 1 is 1.27 bits per heavy atom. The normalized spacial score (nSPS) is 16.5. The quantitative estimate of drug-likeness (QED) is 0.907. The predicted molar refractivity (Wildman–Crippen MR) is 82.3 cm³/mol. The van der Waals surface area contributed by atoms with Crippen LogP contribution in [-0.4, -0.2) is 23.6 Å². The molecule has 1 atom stereocenters. The molecule has 6 heteroatoms. The highest BCUT2D eigenvalue weighted by atomic mass is 32.1. The van der Waals surface area contributed by atoms with E-state index in [1.165, 1.54) is 11.3 Å². The van der Waals surface area contributed by atoms with Crippen molar-refractivity contribution in [2.24, 2.45) is 5.92 Å². The fraction of sp³-hybridized carbons (Fsp3) is 0.250. The van der Waals surface area contributed by atoms with E-state index in [0.717, 1.165) is 16.2 Å². The van der Waals surface area contributed by atoms with Gasteiger partial charge in [0, 0.05) is 4.88 Å². The number of amides is 1. The van der Waals surface area contributed by atoms with E-state index in [9.17, 15) is 9.59 Å². The van der Waals surface area contributed by atoms with Gasteiger partial charge in [0.2, 0.25) is 5.91 Å². The SMILES string of the molecule is O=C(O)c1ccc(CNC(=O)C2COc3ccccc3C2)s1. The Labute approximate surface area is 131 Å². The number of para-hydroxylation sites is 1. The van der Waals surface area contributed by atoms with Crippen LogP contribution in [0.25, 0.3) is 0 Å². The van der Waals surface area contributed by atoms with Gasteiger partial charge in [0.25, 0.3) is 0 Å². The Bertz CT molecular complexity index is 710. The van der Waals surface area contributed by atoms with Crippen molar-refractivity contribution in [3.8, 4) is 5.75 Å². The number of rotatable bonds is 4. The maximum Gasteiger partial charge on any atom is 0.345 e. The standard InChI is InChI=1S/C16H15NO4S/c18-15(17-8-12-5-6-14(22-12)16(19)20)11-7-10-3-1-2-4-13(10)21-9-11/h1-6,11H,7-9H2,(H,17,18)(H,19,20). The summed E-state index contributed by atoms with van der Waals surface area (Å²) in [6.45, 7) is 0.711. The minimum Gasteiger partial charge on any atom is -0.492 e. The van der Waals surface area contributed by atoms with Gasteiger partial charge in [-0.15, -0.1) is 11.3 Å². The molecular formula is C16H15NO4S. The highest BCUT2D eigenvalue weighted by Crippen LogP contribution is 2.27.